The summed E-state index contributed by atoms with van der Waals surface area (Å²) in [6.45, 7) is 2.06. The molecular weight excluding hydrogens is 296 g/mol. The molecule has 2 nitrogen and oxygen atoms in total. The molecule has 0 unspecified atom stereocenters. The average Bonchev–Trinajstić information content (AvgIpc) is 2.53. The number of fused-ring (bicyclic) bond motifs is 2. The lowest BCUT2D eigenvalue weighted by atomic mass is 10.0. The molecule has 0 N–H and O–H groups in total. The minimum atomic E-state index is -0.195. The molecule has 0 aliphatic carbocycles. The molecule has 3 aromatic rings. The number of halogens is 1. The van der Waals surface area contributed by atoms with Crippen LogP contribution in [0.3, 0.4) is 0 Å². The van der Waals surface area contributed by atoms with E-state index >= 15 is 0 Å². The summed E-state index contributed by atoms with van der Waals surface area (Å²) in [6.07, 6.45) is 2.24. The third-order valence-electron chi connectivity index (χ3n) is 3.73. The van der Waals surface area contributed by atoms with Gasteiger partial charge in [-0.25, -0.2) is 0 Å². The predicted octanol–water partition coefficient (Wildman–Crippen LogP) is 5.74. The fraction of sp³-hybridized carbons (Fsp3) is 0.211. The highest BCUT2D eigenvalue weighted by molar-refractivity contribution is 6.31. The second-order valence-corrected chi connectivity index (χ2v) is 5.81. The van der Waals surface area contributed by atoms with Crippen LogP contribution < -0.4 is 4.74 Å². The standard InChI is InChI=1S/C19H17ClO2/c1-2-3-8-18(21)22-19-16-7-5-4-6-13(16)11-14-9-10-15(20)12-17(14)19/h4-7,9-12H,2-3,8H2,1H3. The molecule has 0 spiro atoms. The molecule has 0 aliphatic rings. The summed E-state index contributed by atoms with van der Waals surface area (Å²) in [5.74, 6) is 0.413. The molecule has 112 valence electrons. The molecule has 0 radical (unpaired) electrons. The molecule has 0 bridgehead atoms. The lowest BCUT2D eigenvalue weighted by Gasteiger charge is -2.12. The summed E-state index contributed by atoms with van der Waals surface area (Å²) < 4.78 is 5.70. The first-order valence-electron chi connectivity index (χ1n) is 7.50. The van der Waals surface area contributed by atoms with Crippen LogP contribution in [0.1, 0.15) is 26.2 Å². The smallest absolute Gasteiger partial charge is 0.311 e. The molecule has 0 saturated heterocycles. The van der Waals surface area contributed by atoms with Crippen LogP contribution in [0.5, 0.6) is 5.75 Å². The summed E-state index contributed by atoms with van der Waals surface area (Å²) in [5, 5.41) is 4.50. The third kappa shape index (κ3) is 2.93. The molecule has 0 heterocycles. The van der Waals surface area contributed by atoms with Gasteiger partial charge in [-0.2, -0.15) is 0 Å². The number of esters is 1. The van der Waals surface area contributed by atoms with Crippen molar-refractivity contribution >= 4 is 39.1 Å². The van der Waals surface area contributed by atoms with E-state index in [1.165, 1.54) is 0 Å². The van der Waals surface area contributed by atoms with Crippen molar-refractivity contribution in [3.63, 3.8) is 0 Å². The van der Waals surface area contributed by atoms with E-state index in [0.717, 1.165) is 34.4 Å². The van der Waals surface area contributed by atoms with E-state index in [0.29, 0.717) is 17.2 Å². The Balaban J connectivity index is 2.17. The lowest BCUT2D eigenvalue weighted by Crippen LogP contribution is -2.08. The summed E-state index contributed by atoms with van der Waals surface area (Å²) in [4.78, 5) is 12.1. The zero-order chi connectivity index (χ0) is 15.5. The van der Waals surface area contributed by atoms with Crippen molar-refractivity contribution < 1.29 is 9.53 Å². The molecular formula is C19H17ClO2. The highest BCUT2D eigenvalue weighted by Gasteiger charge is 2.13. The van der Waals surface area contributed by atoms with Crippen LogP contribution in [0.25, 0.3) is 21.5 Å². The Labute approximate surface area is 134 Å². The van der Waals surface area contributed by atoms with Gasteiger partial charge in [0.2, 0.25) is 0 Å². The van der Waals surface area contributed by atoms with Gasteiger partial charge in [0.15, 0.2) is 0 Å². The fourth-order valence-corrected chi connectivity index (χ4v) is 2.76. The van der Waals surface area contributed by atoms with Crippen LogP contribution in [0.2, 0.25) is 5.02 Å². The number of benzene rings is 3. The van der Waals surface area contributed by atoms with E-state index in [1.807, 2.05) is 42.5 Å². The Morgan fingerprint density at radius 3 is 2.64 bits per heavy atom. The van der Waals surface area contributed by atoms with Gasteiger partial charge in [0.25, 0.3) is 0 Å². The molecule has 0 saturated carbocycles. The highest BCUT2D eigenvalue weighted by Crippen LogP contribution is 2.36. The Morgan fingerprint density at radius 1 is 1.05 bits per heavy atom. The second-order valence-electron chi connectivity index (χ2n) is 5.37. The van der Waals surface area contributed by atoms with Gasteiger partial charge in [-0.15, -0.1) is 0 Å². The molecule has 0 atom stereocenters. The zero-order valence-electron chi connectivity index (χ0n) is 12.4. The maximum absolute atomic E-state index is 12.1. The number of hydrogen-bond acceptors (Lipinski definition) is 2. The van der Waals surface area contributed by atoms with E-state index in [-0.39, 0.29) is 5.97 Å². The zero-order valence-corrected chi connectivity index (χ0v) is 13.2. The Kier molecular flexibility index (Phi) is 4.30. The van der Waals surface area contributed by atoms with Crippen molar-refractivity contribution in [2.24, 2.45) is 0 Å². The second kappa shape index (κ2) is 6.37. The topological polar surface area (TPSA) is 26.3 Å². The molecule has 0 fully saturated rings. The predicted molar refractivity (Wildman–Crippen MR) is 91.6 cm³/mol. The summed E-state index contributed by atoms with van der Waals surface area (Å²) >= 11 is 6.12. The fourth-order valence-electron chi connectivity index (χ4n) is 2.59. The Bertz CT molecular complexity index is 839. The summed E-state index contributed by atoms with van der Waals surface area (Å²) in [7, 11) is 0. The highest BCUT2D eigenvalue weighted by atomic mass is 35.5. The monoisotopic (exact) mass is 312 g/mol. The van der Waals surface area contributed by atoms with Gasteiger partial charge in [-0.1, -0.05) is 55.3 Å². The number of hydrogen-bond donors (Lipinski definition) is 0. The minimum Gasteiger partial charge on any atom is -0.425 e. The van der Waals surface area contributed by atoms with E-state index < -0.39 is 0 Å². The van der Waals surface area contributed by atoms with Crippen molar-refractivity contribution in [3.05, 3.63) is 53.6 Å². The van der Waals surface area contributed by atoms with Gasteiger partial charge >= 0.3 is 5.97 Å². The van der Waals surface area contributed by atoms with Gasteiger partial charge in [-0.05, 0) is 35.4 Å². The molecule has 0 amide bonds. The van der Waals surface area contributed by atoms with Crippen molar-refractivity contribution in [3.8, 4) is 5.75 Å². The maximum atomic E-state index is 12.1. The first kappa shape index (κ1) is 14.9. The number of unbranched alkanes of at least 4 members (excludes halogenated alkanes) is 1. The van der Waals surface area contributed by atoms with Gasteiger partial charge in [-0.3, -0.25) is 4.79 Å². The molecule has 22 heavy (non-hydrogen) atoms. The van der Waals surface area contributed by atoms with Gasteiger partial charge in [0, 0.05) is 22.2 Å². The summed E-state index contributed by atoms with van der Waals surface area (Å²) in [6, 6.07) is 15.7. The van der Waals surface area contributed by atoms with Crippen LogP contribution in [0.15, 0.2) is 48.5 Å². The summed E-state index contributed by atoms with van der Waals surface area (Å²) in [5.41, 5.74) is 0. The SMILES string of the molecule is CCCCC(=O)Oc1c2ccccc2cc2ccc(Cl)cc12. The Morgan fingerprint density at radius 2 is 1.82 bits per heavy atom. The minimum absolute atomic E-state index is 0.195. The molecule has 3 aromatic carbocycles. The van der Waals surface area contributed by atoms with Crippen LogP contribution in [-0.4, -0.2) is 5.97 Å². The largest absolute Gasteiger partial charge is 0.425 e. The number of carbonyl (C=O) groups excluding carboxylic acids is 1. The van der Waals surface area contributed by atoms with Gasteiger partial charge in [0.05, 0.1) is 0 Å². The number of rotatable bonds is 4. The molecule has 3 rings (SSSR count). The van der Waals surface area contributed by atoms with Crippen LogP contribution >= 0.6 is 11.6 Å². The van der Waals surface area contributed by atoms with Crippen molar-refractivity contribution in [2.45, 2.75) is 26.2 Å². The number of ether oxygens (including phenoxy) is 1. The van der Waals surface area contributed by atoms with Crippen molar-refractivity contribution in [1.82, 2.24) is 0 Å². The molecule has 0 aromatic heterocycles. The van der Waals surface area contributed by atoms with Gasteiger partial charge < -0.3 is 4.74 Å². The number of carbonyl (C=O) groups is 1. The average molecular weight is 313 g/mol. The first-order valence-corrected chi connectivity index (χ1v) is 7.88. The normalized spacial score (nSPS) is 11.0. The lowest BCUT2D eigenvalue weighted by molar-refractivity contribution is -0.134. The van der Waals surface area contributed by atoms with Crippen LogP contribution in [-0.2, 0) is 4.79 Å². The molecule has 3 heteroatoms. The van der Waals surface area contributed by atoms with Crippen LogP contribution in [0.4, 0.5) is 0 Å². The van der Waals surface area contributed by atoms with Crippen LogP contribution in [0, 0.1) is 0 Å². The van der Waals surface area contributed by atoms with Crippen molar-refractivity contribution in [2.75, 3.05) is 0 Å². The maximum Gasteiger partial charge on any atom is 0.311 e. The quantitative estimate of drug-likeness (QED) is 0.349. The van der Waals surface area contributed by atoms with Crippen molar-refractivity contribution in [1.29, 1.82) is 0 Å². The Hall–Kier alpha value is -2.06. The first-order chi connectivity index (χ1) is 10.7. The van der Waals surface area contributed by atoms with E-state index in [9.17, 15) is 4.79 Å². The van der Waals surface area contributed by atoms with E-state index in [4.69, 9.17) is 16.3 Å². The van der Waals surface area contributed by atoms with Gasteiger partial charge in [0.1, 0.15) is 5.75 Å². The van der Waals surface area contributed by atoms with E-state index in [2.05, 4.69) is 13.0 Å². The van der Waals surface area contributed by atoms with E-state index in [1.54, 1.807) is 0 Å². The third-order valence-corrected chi connectivity index (χ3v) is 3.96. The molecule has 0 aliphatic heterocycles.